The molecule has 6 heteroatoms. The summed E-state index contributed by atoms with van der Waals surface area (Å²) in [5.41, 5.74) is 3.46. The molecule has 22 heavy (non-hydrogen) atoms. The van der Waals surface area contributed by atoms with Crippen molar-refractivity contribution in [2.45, 2.75) is 13.5 Å². The quantitative estimate of drug-likeness (QED) is 0.807. The molecule has 0 bridgehead atoms. The van der Waals surface area contributed by atoms with Crippen molar-refractivity contribution in [3.05, 3.63) is 41.2 Å². The van der Waals surface area contributed by atoms with Crippen LogP contribution in [0.4, 0.5) is 5.13 Å². The number of hydrogen-bond acceptors (Lipinski definition) is 5. The molecule has 1 aliphatic heterocycles. The maximum absolute atomic E-state index is 4.70. The van der Waals surface area contributed by atoms with Crippen molar-refractivity contribution < 1.29 is 0 Å². The van der Waals surface area contributed by atoms with E-state index in [1.807, 2.05) is 11.6 Å². The van der Waals surface area contributed by atoms with E-state index in [2.05, 4.69) is 44.9 Å². The van der Waals surface area contributed by atoms with Crippen molar-refractivity contribution in [2.75, 3.05) is 31.1 Å². The van der Waals surface area contributed by atoms with Gasteiger partial charge in [0.15, 0.2) is 5.13 Å². The summed E-state index contributed by atoms with van der Waals surface area (Å²) in [5, 5.41) is 3.18. The molecule has 5 nitrogen and oxygen atoms in total. The molecular formula is C16H19N5S. The summed E-state index contributed by atoms with van der Waals surface area (Å²) in [5.74, 6) is 1.06. The van der Waals surface area contributed by atoms with Crippen LogP contribution < -0.4 is 4.90 Å². The number of aromatic amines is 1. The smallest absolute Gasteiger partial charge is 0.185 e. The van der Waals surface area contributed by atoms with Crippen molar-refractivity contribution in [1.82, 2.24) is 19.9 Å². The maximum Gasteiger partial charge on any atom is 0.185 e. The highest BCUT2D eigenvalue weighted by Crippen LogP contribution is 2.20. The minimum Gasteiger partial charge on any atom is -0.346 e. The number of hydrogen-bond donors (Lipinski definition) is 1. The zero-order valence-electron chi connectivity index (χ0n) is 12.6. The van der Waals surface area contributed by atoms with E-state index in [0.29, 0.717) is 0 Å². The summed E-state index contributed by atoms with van der Waals surface area (Å²) < 4.78 is 0. The largest absolute Gasteiger partial charge is 0.346 e. The first-order valence-corrected chi connectivity index (χ1v) is 8.48. The zero-order chi connectivity index (χ0) is 14.9. The number of thiazole rings is 1. The third kappa shape index (κ3) is 2.71. The molecule has 1 aromatic carbocycles. The van der Waals surface area contributed by atoms with Gasteiger partial charge in [-0.15, -0.1) is 11.3 Å². The second-order valence-electron chi connectivity index (χ2n) is 5.78. The Morgan fingerprint density at radius 3 is 2.86 bits per heavy atom. The number of nitrogens with one attached hydrogen (secondary N) is 1. The Hall–Kier alpha value is -1.92. The van der Waals surface area contributed by atoms with Gasteiger partial charge in [0.2, 0.25) is 0 Å². The number of aryl methyl sites for hydroxylation is 1. The zero-order valence-corrected chi connectivity index (χ0v) is 13.4. The van der Waals surface area contributed by atoms with Gasteiger partial charge in [-0.25, -0.2) is 9.97 Å². The van der Waals surface area contributed by atoms with E-state index in [1.54, 1.807) is 11.3 Å². The Bertz CT molecular complexity index is 756. The predicted octanol–water partition coefficient (Wildman–Crippen LogP) is 2.65. The van der Waals surface area contributed by atoms with Crippen molar-refractivity contribution in [2.24, 2.45) is 0 Å². The molecule has 0 radical (unpaired) electrons. The monoisotopic (exact) mass is 313 g/mol. The van der Waals surface area contributed by atoms with E-state index in [0.717, 1.165) is 54.7 Å². The van der Waals surface area contributed by atoms with E-state index >= 15 is 0 Å². The molecule has 2 aromatic heterocycles. The van der Waals surface area contributed by atoms with Crippen molar-refractivity contribution in [1.29, 1.82) is 0 Å². The van der Waals surface area contributed by atoms with E-state index in [-0.39, 0.29) is 0 Å². The van der Waals surface area contributed by atoms with Crippen LogP contribution in [0.2, 0.25) is 0 Å². The molecule has 0 amide bonds. The number of fused-ring (bicyclic) bond motifs is 1. The first-order valence-electron chi connectivity index (χ1n) is 7.60. The lowest BCUT2D eigenvalue weighted by molar-refractivity contribution is 0.245. The van der Waals surface area contributed by atoms with Gasteiger partial charge in [0.25, 0.3) is 0 Å². The molecule has 1 fully saturated rings. The molecule has 1 aliphatic rings. The lowest BCUT2D eigenvalue weighted by Crippen LogP contribution is -2.46. The summed E-state index contributed by atoms with van der Waals surface area (Å²) in [6.07, 6.45) is 1.88. The molecule has 3 aromatic rings. The molecule has 0 aliphatic carbocycles. The van der Waals surface area contributed by atoms with Gasteiger partial charge in [-0.2, -0.15) is 0 Å². The van der Waals surface area contributed by atoms with E-state index < -0.39 is 0 Å². The Balaban J connectivity index is 1.41. The summed E-state index contributed by atoms with van der Waals surface area (Å²) in [4.78, 5) is 17.4. The topological polar surface area (TPSA) is 48.1 Å². The number of piperazine rings is 1. The van der Waals surface area contributed by atoms with Crippen LogP contribution in [0.3, 0.4) is 0 Å². The third-order valence-corrected chi connectivity index (χ3v) is 4.95. The molecule has 1 saturated heterocycles. The highest BCUT2D eigenvalue weighted by atomic mass is 32.1. The molecular weight excluding hydrogens is 294 g/mol. The van der Waals surface area contributed by atoms with Crippen molar-refractivity contribution >= 4 is 27.5 Å². The molecule has 1 N–H and O–H groups in total. The van der Waals surface area contributed by atoms with E-state index in [1.165, 1.54) is 5.56 Å². The number of benzene rings is 1. The van der Waals surface area contributed by atoms with Gasteiger partial charge in [0.1, 0.15) is 5.82 Å². The minimum atomic E-state index is 0.888. The lowest BCUT2D eigenvalue weighted by atomic mass is 10.2. The van der Waals surface area contributed by atoms with E-state index in [4.69, 9.17) is 4.98 Å². The second-order valence-corrected chi connectivity index (χ2v) is 6.65. The highest BCUT2D eigenvalue weighted by molar-refractivity contribution is 7.13. The Kier molecular flexibility index (Phi) is 3.56. The molecule has 3 heterocycles. The van der Waals surface area contributed by atoms with Crippen LogP contribution in [0.15, 0.2) is 29.8 Å². The number of aromatic nitrogens is 3. The molecule has 4 rings (SSSR count). The fourth-order valence-corrected chi connectivity index (χ4v) is 3.63. The average Bonchev–Trinajstić information content (AvgIpc) is 3.16. The van der Waals surface area contributed by atoms with Crippen molar-refractivity contribution in [3.8, 4) is 0 Å². The molecule has 0 saturated carbocycles. The SMILES string of the molecule is Cc1ccc2nc(CN3CCN(c4nccs4)CC3)[nH]c2c1. The number of imidazole rings is 1. The molecule has 0 atom stereocenters. The summed E-state index contributed by atoms with van der Waals surface area (Å²) in [6, 6.07) is 6.36. The van der Waals surface area contributed by atoms with Gasteiger partial charge in [-0.05, 0) is 24.6 Å². The fourth-order valence-electron chi connectivity index (χ4n) is 2.93. The van der Waals surface area contributed by atoms with Gasteiger partial charge in [0.05, 0.1) is 17.6 Å². The first kappa shape index (κ1) is 13.7. The van der Waals surface area contributed by atoms with E-state index in [9.17, 15) is 0 Å². The summed E-state index contributed by atoms with van der Waals surface area (Å²) >= 11 is 1.72. The number of H-pyrrole nitrogens is 1. The van der Waals surface area contributed by atoms with Crippen LogP contribution in [0.25, 0.3) is 11.0 Å². The molecule has 114 valence electrons. The van der Waals surface area contributed by atoms with Crippen LogP contribution in [-0.2, 0) is 6.54 Å². The number of anilines is 1. The predicted molar refractivity (Wildman–Crippen MR) is 90.4 cm³/mol. The van der Waals surface area contributed by atoms with Crippen LogP contribution in [0.5, 0.6) is 0 Å². The number of rotatable bonds is 3. The minimum absolute atomic E-state index is 0.888. The average molecular weight is 313 g/mol. The van der Waals surface area contributed by atoms with Crippen LogP contribution in [-0.4, -0.2) is 46.0 Å². The second kappa shape index (κ2) is 5.70. The van der Waals surface area contributed by atoms with Gasteiger partial charge in [0, 0.05) is 37.8 Å². The van der Waals surface area contributed by atoms with Crippen LogP contribution in [0.1, 0.15) is 11.4 Å². The van der Waals surface area contributed by atoms with Crippen molar-refractivity contribution in [3.63, 3.8) is 0 Å². The first-order chi connectivity index (χ1) is 10.8. The van der Waals surface area contributed by atoms with Gasteiger partial charge in [-0.3, -0.25) is 4.90 Å². The highest BCUT2D eigenvalue weighted by Gasteiger charge is 2.19. The third-order valence-electron chi connectivity index (χ3n) is 4.12. The van der Waals surface area contributed by atoms with Gasteiger partial charge < -0.3 is 9.88 Å². The Labute approximate surface area is 133 Å². The summed E-state index contributed by atoms with van der Waals surface area (Å²) in [7, 11) is 0. The Morgan fingerprint density at radius 2 is 2.09 bits per heavy atom. The fraction of sp³-hybridized carbons (Fsp3) is 0.375. The van der Waals surface area contributed by atoms with Crippen LogP contribution in [0, 0.1) is 6.92 Å². The van der Waals surface area contributed by atoms with Gasteiger partial charge >= 0.3 is 0 Å². The number of nitrogens with zero attached hydrogens (tertiary/aromatic N) is 4. The molecule has 0 unspecified atom stereocenters. The lowest BCUT2D eigenvalue weighted by Gasteiger charge is -2.34. The standard InChI is InChI=1S/C16H19N5S/c1-12-2-3-13-14(10-12)19-15(18-13)11-20-5-7-21(8-6-20)16-17-4-9-22-16/h2-4,9-10H,5-8,11H2,1H3,(H,18,19). The van der Waals surface area contributed by atoms with Crippen LogP contribution >= 0.6 is 11.3 Å². The molecule has 0 spiro atoms. The maximum atomic E-state index is 4.70. The van der Waals surface area contributed by atoms with Gasteiger partial charge in [-0.1, -0.05) is 6.07 Å². The normalized spacial score (nSPS) is 16.5. The Morgan fingerprint density at radius 1 is 1.23 bits per heavy atom. The summed E-state index contributed by atoms with van der Waals surface area (Å²) in [6.45, 7) is 7.17.